The highest BCUT2D eigenvalue weighted by Crippen LogP contribution is 2.15. The Labute approximate surface area is 166 Å². The minimum absolute atomic E-state index is 0.0531. The molecule has 0 radical (unpaired) electrons. The van der Waals surface area contributed by atoms with Gasteiger partial charge in [0.25, 0.3) is 0 Å². The Morgan fingerprint density at radius 3 is 2.32 bits per heavy atom. The molecule has 0 aliphatic heterocycles. The molecule has 0 unspecified atom stereocenters. The topological polar surface area (TPSA) is 48.9 Å². The van der Waals surface area contributed by atoms with Gasteiger partial charge in [-0.05, 0) is 51.4 Å². The summed E-state index contributed by atoms with van der Waals surface area (Å²) < 4.78 is 40.9. The van der Waals surface area contributed by atoms with Crippen LogP contribution >= 0.6 is 0 Å². The first-order valence-corrected chi connectivity index (χ1v) is 9.58. The number of ether oxygens (including phenoxy) is 1. The average Bonchev–Trinajstić information content (AvgIpc) is 2.63. The van der Waals surface area contributed by atoms with Gasteiger partial charge in [0, 0.05) is 26.2 Å². The fraction of sp³-hybridized carbons (Fsp3) is 0.650. The number of halogens is 3. The van der Waals surface area contributed by atoms with Gasteiger partial charge in [-0.1, -0.05) is 24.3 Å². The lowest BCUT2D eigenvalue weighted by Gasteiger charge is -2.20. The Bertz CT molecular complexity index is 574. The van der Waals surface area contributed by atoms with Gasteiger partial charge in [0.05, 0.1) is 6.61 Å². The lowest BCUT2D eigenvalue weighted by molar-refractivity contribution is -0.176. The Morgan fingerprint density at radius 2 is 1.75 bits per heavy atom. The molecule has 1 aromatic carbocycles. The third kappa shape index (κ3) is 11.1. The van der Waals surface area contributed by atoms with Crippen LogP contribution < -0.4 is 10.6 Å². The van der Waals surface area contributed by atoms with E-state index in [4.69, 9.17) is 0 Å². The van der Waals surface area contributed by atoms with E-state index in [0.717, 1.165) is 37.5 Å². The number of rotatable bonds is 11. The summed E-state index contributed by atoms with van der Waals surface area (Å²) in [5, 5.41) is 6.52. The quantitative estimate of drug-likeness (QED) is 0.338. The largest absolute Gasteiger partial charge is 0.411 e. The van der Waals surface area contributed by atoms with Gasteiger partial charge in [0.1, 0.15) is 6.61 Å². The Kier molecular flexibility index (Phi) is 10.9. The van der Waals surface area contributed by atoms with E-state index < -0.39 is 12.8 Å². The molecule has 28 heavy (non-hydrogen) atoms. The van der Waals surface area contributed by atoms with Crippen molar-refractivity contribution in [3.05, 3.63) is 35.4 Å². The Balaban J connectivity index is 2.26. The molecule has 5 nitrogen and oxygen atoms in total. The van der Waals surface area contributed by atoms with Gasteiger partial charge in [0.2, 0.25) is 0 Å². The summed E-state index contributed by atoms with van der Waals surface area (Å²) in [6.07, 6.45) is -2.11. The minimum Gasteiger partial charge on any atom is -0.367 e. The van der Waals surface area contributed by atoms with Crippen LogP contribution in [0.4, 0.5) is 13.2 Å². The molecule has 0 fully saturated rings. The predicted octanol–water partition coefficient (Wildman–Crippen LogP) is 3.55. The van der Waals surface area contributed by atoms with Crippen molar-refractivity contribution in [2.75, 3.05) is 33.8 Å². The summed E-state index contributed by atoms with van der Waals surface area (Å²) in [4.78, 5) is 6.53. The number of hydrogen-bond acceptors (Lipinski definition) is 3. The maximum absolute atomic E-state index is 12.1. The maximum atomic E-state index is 12.1. The molecule has 0 heterocycles. The van der Waals surface area contributed by atoms with Crippen molar-refractivity contribution in [2.24, 2.45) is 4.99 Å². The van der Waals surface area contributed by atoms with E-state index >= 15 is 0 Å². The second kappa shape index (κ2) is 12.6. The minimum atomic E-state index is -4.29. The molecule has 0 saturated carbocycles. The summed E-state index contributed by atoms with van der Waals surface area (Å²) in [5.41, 5.74) is 1.72. The molecule has 1 rings (SSSR count). The van der Waals surface area contributed by atoms with E-state index in [1.165, 1.54) is 0 Å². The predicted molar refractivity (Wildman–Crippen MR) is 107 cm³/mol. The van der Waals surface area contributed by atoms with Crippen LogP contribution in [0.5, 0.6) is 0 Å². The van der Waals surface area contributed by atoms with Crippen molar-refractivity contribution in [1.29, 1.82) is 0 Å². The number of aliphatic imine (C=N–C) groups is 1. The molecule has 0 aliphatic rings. The van der Waals surface area contributed by atoms with Crippen LogP contribution in [0, 0.1) is 0 Å². The van der Waals surface area contributed by atoms with Crippen molar-refractivity contribution in [3.8, 4) is 0 Å². The molecular weight excluding hydrogens is 369 g/mol. The van der Waals surface area contributed by atoms with E-state index in [1.54, 1.807) is 19.2 Å². The van der Waals surface area contributed by atoms with E-state index in [-0.39, 0.29) is 6.61 Å². The van der Waals surface area contributed by atoms with E-state index in [2.05, 4.69) is 46.2 Å². The summed E-state index contributed by atoms with van der Waals surface area (Å²) in [6.45, 7) is 5.59. The number of benzene rings is 1. The monoisotopic (exact) mass is 402 g/mol. The van der Waals surface area contributed by atoms with Crippen LogP contribution in [0.2, 0.25) is 0 Å². The standard InChI is InChI=1S/C20H33F3N4O/c1-16(2)27(4)12-6-5-11-25-19(24-3)26-13-17-7-9-18(10-8-17)14-28-15-20(21,22)23/h7-10,16H,5-6,11-15H2,1-4H3,(H2,24,25,26). The zero-order chi connectivity index (χ0) is 21.0. The summed E-state index contributed by atoms with van der Waals surface area (Å²) in [5.74, 6) is 0.731. The van der Waals surface area contributed by atoms with Crippen molar-refractivity contribution < 1.29 is 17.9 Å². The molecule has 0 aromatic heterocycles. The van der Waals surface area contributed by atoms with Gasteiger partial charge < -0.3 is 20.3 Å². The molecule has 8 heteroatoms. The van der Waals surface area contributed by atoms with Crippen LogP contribution in [0.15, 0.2) is 29.3 Å². The van der Waals surface area contributed by atoms with E-state index in [1.807, 2.05) is 12.1 Å². The Morgan fingerprint density at radius 1 is 1.11 bits per heavy atom. The van der Waals surface area contributed by atoms with Gasteiger partial charge in [-0.25, -0.2) is 0 Å². The molecule has 0 aliphatic carbocycles. The van der Waals surface area contributed by atoms with Crippen LogP contribution in [-0.4, -0.2) is 56.9 Å². The smallest absolute Gasteiger partial charge is 0.367 e. The molecule has 2 N–H and O–H groups in total. The van der Waals surface area contributed by atoms with Crippen LogP contribution in [0.1, 0.15) is 37.8 Å². The first-order chi connectivity index (χ1) is 13.2. The summed E-state index contributed by atoms with van der Waals surface area (Å²) in [7, 11) is 3.86. The highest BCUT2D eigenvalue weighted by atomic mass is 19.4. The van der Waals surface area contributed by atoms with E-state index in [0.29, 0.717) is 18.2 Å². The second-order valence-corrected chi connectivity index (χ2v) is 7.06. The molecule has 0 atom stereocenters. The molecule has 0 bridgehead atoms. The molecule has 0 spiro atoms. The van der Waals surface area contributed by atoms with Gasteiger partial charge in [0.15, 0.2) is 5.96 Å². The average molecular weight is 403 g/mol. The van der Waals surface area contributed by atoms with Crippen LogP contribution in [0.25, 0.3) is 0 Å². The Hall–Kier alpha value is -1.80. The molecule has 160 valence electrons. The summed E-state index contributed by atoms with van der Waals surface area (Å²) >= 11 is 0. The van der Waals surface area contributed by atoms with E-state index in [9.17, 15) is 13.2 Å². The number of guanidine groups is 1. The number of hydrogen-bond donors (Lipinski definition) is 2. The normalized spacial score (nSPS) is 12.7. The number of alkyl halides is 3. The number of nitrogens with zero attached hydrogens (tertiary/aromatic N) is 2. The highest BCUT2D eigenvalue weighted by molar-refractivity contribution is 5.79. The fourth-order valence-corrected chi connectivity index (χ4v) is 2.40. The zero-order valence-electron chi connectivity index (χ0n) is 17.3. The second-order valence-electron chi connectivity index (χ2n) is 7.06. The van der Waals surface area contributed by atoms with Gasteiger partial charge in [-0.15, -0.1) is 0 Å². The van der Waals surface area contributed by atoms with Crippen LogP contribution in [0.3, 0.4) is 0 Å². The van der Waals surface area contributed by atoms with Crippen molar-refractivity contribution >= 4 is 5.96 Å². The van der Waals surface area contributed by atoms with Crippen LogP contribution in [-0.2, 0) is 17.9 Å². The number of nitrogens with one attached hydrogen (secondary N) is 2. The molecular formula is C20H33F3N4O. The first-order valence-electron chi connectivity index (χ1n) is 9.58. The van der Waals surface area contributed by atoms with Gasteiger partial charge in [-0.3, -0.25) is 4.99 Å². The SMILES string of the molecule is CN=C(NCCCCN(C)C(C)C)NCc1ccc(COCC(F)(F)F)cc1. The third-order valence-electron chi connectivity index (χ3n) is 4.35. The maximum Gasteiger partial charge on any atom is 0.411 e. The third-order valence-corrected chi connectivity index (χ3v) is 4.35. The lowest BCUT2D eigenvalue weighted by Crippen LogP contribution is -2.37. The first kappa shape index (κ1) is 24.2. The van der Waals surface area contributed by atoms with Crippen molar-refractivity contribution in [2.45, 2.75) is 52.1 Å². The summed E-state index contributed by atoms with van der Waals surface area (Å²) in [6, 6.07) is 7.84. The number of unbranched alkanes of at least 4 members (excludes halogenated alkanes) is 1. The van der Waals surface area contributed by atoms with Gasteiger partial charge in [-0.2, -0.15) is 13.2 Å². The van der Waals surface area contributed by atoms with Crippen molar-refractivity contribution in [3.63, 3.8) is 0 Å². The molecule has 1 aromatic rings. The fourth-order valence-electron chi connectivity index (χ4n) is 2.40. The lowest BCUT2D eigenvalue weighted by atomic mass is 10.1. The zero-order valence-corrected chi connectivity index (χ0v) is 17.3. The van der Waals surface area contributed by atoms with Gasteiger partial charge >= 0.3 is 6.18 Å². The highest BCUT2D eigenvalue weighted by Gasteiger charge is 2.27. The van der Waals surface area contributed by atoms with Crippen molar-refractivity contribution in [1.82, 2.24) is 15.5 Å². The molecule has 0 saturated heterocycles. The molecule has 0 amide bonds.